The summed E-state index contributed by atoms with van der Waals surface area (Å²) >= 11 is 1.24. The Balaban J connectivity index is 1.23. The summed E-state index contributed by atoms with van der Waals surface area (Å²) in [4.78, 5) is 40.8. The molecule has 0 radical (unpaired) electrons. The van der Waals surface area contributed by atoms with E-state index in [0.717, 1.165) is 39.8 Å². The minimum absolute atomic E-state index is 0.126. The maximum Gasteiger partial charge on any atom is 0.259 e. The van der Waals surface area contributed by atoms with Crippen LogP contribution in [-0.4, -0.2) is 44.5 Å². The molecule has 0 aliphatic carbocycles. The number of carbonyl (C=O) groups excluding carboxylic acids is 2. The van der Waals surface area contributed by atoms with Gasteiger partial charge in [-0.25, -0.2) is 9.89 Å². The van der Waals surface area contributed by atoms with Crippen LogP contribution in [0.5, 0.6) is 0 Å². The van der Waals surface area contributed by atoms with E-state index in [1.54, 1.807) is 4.90 Å². The second-order valence-corrected chi connectivity index (χ2v) is 9.95. The van der Waals surface area contributed by atoms with Crippen molar-refractivity contribution in [3.63, 3.8) is 0 Å². The third-order valence-electron chi connectivity index (χ3n) is 6.61. The van der Waals surface area contributed by atoms with Crippen LogP contribution >= 0.6 is 11.8 Å². The monoisotopic (exact) mass is 507 g/mol. The topological polar surface area (TPSA) is 89.9 Å². The van der Waals surface area contributed by atoms with Gasteiger partial charge in [-0.15, -0.1) is 0 Å². The van der Waals surface area contributed by atoms with Gasteiger partial charge in [0.05, 0.1) is 11.4 Å². The molecule has 2 N–H and O–H groups in total. The lowest BCUT2D eigenvalue weighted by Crippen LogP contribution is -2.41. The number of aromatic nitrogens is 1. The van der Waals surface area contributed by atoms with E-state index in [1.807, 2.05) is 79.0 Å². The number of H-pyrrole nitrogens is 1. The molecule has 184 valence electrons. The average Bonchev–Trinajstić information content (AvgIpc) is 3.49. The highest BCUT2D eigenvalue weighted by Crippen LogP contribution is 2.34. The molecule has 0 fully saturated rings. The standard InChI is InChI=1S/C29H25N5O2S/c1-2-18-11-13-20(14-12-18)31-26(35)17-37-29-33-24-10-6-4-8-22(24)27-32-25(28(36)34(27)29)15-19-16-30-23-9-5-3-7-21(19)23/h3-14,16,25,30H,2,15,17H2,1H3,(H,31,35). The summed E-state index contributed by atoms with van der Waals surface area (Å²) in [5, 5.41) is 4.49. The molecule has 0 saturated heterocycles. The van der Waals surface area contributed by atoms with Gasteiger partial charge in [0, 0.05) is 34.8 Å². The van der Waals surface area contributed by atoms with Crippen molar-refractivity contribution in [1.29, 1.82) is 0 Å². The van der Waals surface area contributed by atoms with E-state index in [4.69, 9.17) is 9.98 Å². The summed E-state index contributed by atoms with van der Waals surface area (Å²) in [7, 11) is 0. The van der Waals surface area contributed by atoms with E-state index in [-0.39, 0.29) is 17.6 Å². The number of thioether (sulfide) groups is 1. The Morgan fingerprint density at radius 3 is 2.68 bits per heavy atom. The van der Waals surface area contributed by atoms with E-state index in [2.05, 4.69) is 17.2 Å². The molecule has 0 bridgehead atoms. The molecule has 8 heteroatoms. The van der Waals surface area contributed by atoms with Gasteiger partial charge in [-0.05, 0) is 47.9 Å². The summed E-state index contributed by atoms with van der Waals surface area (Å²) in [6.45, 7) is 2.09. The molecule has 1 aromatic heterocycles. The lowest BCUT2D eigenvalue weighted by atomic mass is 10.1. The highest BCUT2D eigenvalue weighted by Gasteiger charge is 2.41. The van der Waals surface area contributed by atoms with Crippen molar-refractivity contribution in [3.05, 3.63) is 95.7 Å². The van der Waals surface area contributed by atoms with Gasteiger partial charge < -0.3 is 10.3 Å². The van der Waals surface area contributed by atoms with Gasteiger partial charge >= 0.3 is 0 Å². The van der Waals surface area contributed by atoms with Crippen molar-refractivity contribution < 1.29 is 9.59 Å². The molecule has 3 heterocycles. The van der Waals surface area contributed by atoms with Gasteiger partial charge in [-0.2, -0.15) is 0 Å². The van der Waals surface area contributed by atoms with Gasteiger partial charge in [-0.3, -0.25) is 14.6 Å². The molecule has 2 aliphatic heterocycles. The van der Waals surface area contributed by atoms with Crippen LogP contribution in [0.4, 0.5) is 11.4 Å². The molecule has 7 nitrogen and oxygen atoms in total. The van der Waals surface area contributed by atoms with E-state index >= 15 is 0 Å². The Bertz CT molecular complexity index is 1570. The summed E-state index contributed by atoms with van der Waals surface area (Å²) in [6.07, 6.45) is 3.38. The van der Waals surface area contributed by atoms with E-state index < -0.39 is 6.04 Å². The Morgan fingerprint density at radius 1 is 1.05 bits per heavy atom. The number of para-hydroxylation sites is 2. The van der Waals surface area contributed by atoms with Crippen LogP contribution in [0, 0.1) is 0 Å². The molecular weight excluding hydrogens is 482 g/mol. The van der Waals surface area contributed by atoms with Crippen molar-refractivity contribution in [3.8, 4) is 0 Å². The second-order valence-electron chi connectivity index (χ2n) is 9.00. The first-order valence-corrected chi connectivity index (χ1v) is 13.3. The van der Waals surface area contributed by atoms with Gasteiger partial charge in [0.15, 0.2) is 5.17 Å². The third-order valence-corrected chi connectivity index (χ3v) is 7.55. The SMILES string of the molecule is CCc1ccc(NC(=O)CSC2=Nc3ccccc3C3=NC(Cc4c[nH]c5ccccc45)C(=O)N23)cc1. The van der Waals surface area contributed by atoms with Crippen LogP contribution in [0.3, 0.4) is 0 Å². The van der Waals surface area contributed by atoms with Crippen LogP contribution in [0.2, 0.25) is 0 Å². The molecule has 37 heavy (non-hydrogen) atoms. The highest BCUT2D eigenvalue weighted by atomic mass is 32.2. The van der Waals surface area contributed by atoms with E-state index in [9.17, 15) is 9.59 Å². The molecule has 1 unspecified atom stereocenters. The minimum atomic E-state index is -0.558. The lowest BCUT2D eigenvalue weighted by Gasteiger charge is -2.25. The quantitative estimate of drug-likeness (QED) is 0.371. The maximum absolute atomic E-state index is 13.6. The van der Waals surface area contributed by atoms with Crippen LogP contribution in [-0.2, 0) is 22.4 Å². The number of benzene rings is 3. The van der Waals surface area contributed by atoms with Gasteiger partial charge in [-0.1, -0.05) is 61.2 Å². The molecule has 3 aromatic carbocycles. The van der Waals surface area contributed by atoms with Crippen molar-refractivity contribution >= 4 is 56.9 Å². The number of aryl methyl sites for hydroxylation is 1. The van der Waals surface area contributed by atoms with Crippen LogP contribution in [0.25, 0.3) is 10.9 Å². The minimum Gasteiger partial charge on any atom is -0.361 e. The zero-order valence-electron chi connectivity index (χ0n) is 20.3. The van der Waals surface area contributed by atoms with Crippen molar-refractivity contribution in [2.45, 2.75) is 25.8 Å². The number of anilines is 1. The number of nitrogens with zero attached hydrogens (tertiary/aromatic N) is 3. The molecule has 1 atom stereocenters. The predicted octanol–water partition coefficient (Wildman–Crippen LogP) is 5.30. The molecule has 0 saturated carbocycles. The fourth-order valence-corrected chi connectivity index (χ4v) is 5.49. The second kappa shape index (κ2) is 9.71. The van der Waals surface area contributed by atoms with Crippen LogP contribution in [0.1, 0.15) is 23.6 Å². The molecule has 0 spiro atoms. The van der Waals surface area contributed by atoms with Gasteiger partial charge in [0.1, 0.15) is 11.9 Å². The number of rotatable bonds is 6. The molecule has 4 aromatic rings. The summed E-state index contributed by atoms with van der Waals surface area (Å²) in [6, 6.07) is 23.0. The first-order valence-electron chi connectivity index (χ1n) is 12.3. The molecular formula is C29H25N5O2S. The zero-order chi connectivity index (χ0) is 25.4. The first-order chi connectivity index (χ1) is 18.1. The average molecular weight is 508 g/mol. The van der Waals surface area contributed by atoms with Crippen molar-refractivity contribution in [1.82, 2.24) is 9.88 Å². The van der Waals surface area contributed by atoms with Crippen molar-refractivity contribution in [2.24, 2.45) is 9.98 Å². The fourth-order valence-electron chi connectivity index (χ4n) is 4.69. The Morgan fingerprint density at radius 2 is 1.84 bits per heavy atom. The molecule has 2 amide bonds. The number of amidine groups is 2. The van der Waals surface area contributed by atoms with Gasteiger partial charge in [0.25, 0.3) is 5.91 Å². The number of hydrogen-bond donors (Lipinski definition) is 2. The third kappa shape index (κ3) is 4.44. The summed E-state index contributed by atoms with van der Waals surface area (Å²) in [5.74, 6) is 0.437. The number of nitrogens with one attached hydrogen (secondary N) is 2. The number of aromatic amines is 1. The maximum atomic E-state index is 13.6. The van der Waals surface area contributed by atoms with E-state index in [1.165, 1.54) is 17.3 Å². The number of aliphatic imine (C=N–C) groups is 2. The summed E-state index contributed by atoms with van der Waals surface area (Å²) in [5.41, 5.74) is 5.61. The largest absolute Gasteiger partial charge is 0.361 e. The van der Waals surface area contributed by atoms with Gasteiger partial charge in [0.2, 0.25) is 5.91 Å². The lowest BCUT2D eigenvalue weighted by molar-refractivity contribution is -0.124. The number of fused-ring (bicyclic) bond motifs is 4. The Labute approximate surface area is 218 Å². The zero-order valence-corrected chi connectivity index (χ0v) is 21.1. The number of hydrogen-bond acceptors (Lipinski definition) is 5. The predicted molar refractivity (Wildman–Crippen MR) is 150 cm³/mol. The van der Waals surface area contributed by atoms with Crippen molar-refractivity contribution in [2.75, 3.05) is 11.1 Å². The number of carbonyl (C=O) groups is 2. The smallest absolute Gasteiger partial charge is 0.259 e. The normalized spacial score (nSPS) is 16.3. The highest BCUT2D eigenvalue weighted by molar-refractivity contribution is 8.14. The number of amides is 2. The first kappa shape index (κ1) is 23.2. The van der Waals surface area contributed by atoms with Crippen LogP contribution < -0.4 is 5.32 Å². The summed E-state index contributed by atoms with van der Waals surface area (Å²) < 4.78 is 0. The Kier molecular flexibility index (Phi) is 6.10. The molecule has 2 aliphatic rings. The van der Waals surface area contributed by atoms with Crippen LogP contribution in [0.15, 0.2) is 89.0 Å². The Hall–Kier alpha value is -4.17. The van der Waals surface area contributed by atoms with E-state index in [0.29, 0.717) is 17.4 Å². The molecule has 6 rings (SSSR count). The fraction of sp³-hybridized carbons (Fsp3) is 0.172.